The summed E-state index contributed by atoms with van der Waals surface area (Å²) in [5.41, 5.74) is 0.841. The summed E-state index contributed by atoms with van der Waals surface area (Å²) in [6.07, 6.45) is 0.853. The number of amides is 1. The van der Waals surface area contributed by atoms with Crippen LogP contribution in [0.1, 0.15) is 12.3 Å². The SMILES string of the molecule is O=C(CCc1nc(-c2ccc(Cl)cc2)no1)N1CCNCC1. The Bertz CT molecular complexity index is 635. The van der Waals surface area contributed by atoms with Crippen LogP contribution in [0.4, 0.5) is 0 Å². The first-order valence-electron chi connectivity index (χ1n) is 7.29. The van der Waals surface area contributed by atoms with Gasteiger partial charge in [-0.15, -0.1) is 0 Å². The van der Waals surface area contributed by atoms with Crippen molar-refractivity contribution in [1.82, 2.24) is 20.4 Å². The number of aryl methyl sites for hydroxylation is 1. The molecule has 0 unspecified atom stereocenters. The number of carbonyl (C=O) groups excluding carboxylic acids is 1. The van der Waals surface area contributed by atoms with Gasteiger partial charge < -0.3 is 14.7 Å². The van der Waals surface area contributed by atoms with E-state index >= 15 is 0 Å². The van der Waals surface area contributed by atoms with Gasteiger partial charge in [0.05, 0.1) is 0 Å². The average Bonchev–Trinajstić information content (AvgIpc) is 3.03. The zero-order valence-electron chi connectivity index (χ0n) is 12.1. The van der Waals surface area contributed by atoms with Gasteiger partial charge in [0.15, 0.2) is 0 Å². The van der Waals surface area contributed by atoms with E-state index in [1.165, 1.54) is 0 Å². The largest absolute Gasteiger partial charge is 0.340 e. The van der Waals surface area contributed by atoms with Crippen molar-refractivity contribution in [2.75, 3.05) is 26.2 Å². The van der Waals surface area contributed by atoms with Crippen molar-refractivity contribution in [3.63, 3.8) is 0 Å². The normalized spacial score (nSPS) is 15.0. The molecule has 22 heavy (non-hydrogen) atoms. The average molecular weight is 321 g/mol. The molecular weight excluding hydrogens is 304 g/mol. The minimum Gasteiger partial charge on any atom is -0.340 e. The number of hydrogen-bond acceptors (Lipinski definition) is 5. The molecule has 0 radical (unpaired) electrons. The highest BCUT2D eigenvalue weighted by Gasteiger charge is 2.17. The minimum absolute atomic E-state index is 0.132. The number of carbonyl (C=O) groups is 1. The lowest BCUT2D eigenvalue weighted by Crippen LogP contribution is -2.46. The van der Waals surface area contributed by atoms with Gasteiger partial charge in [-0.3, -0.25) is 4.79 Å². The Hall–Kier alpha value is -1.92. The van der Waals surface area contributed by atoms with Gasteiger partial charge >= 0.3 is 0 Å². The minimum atomic E-state index is 0.132. The Morgan fingerprint density at radius 1 is 1.27 bits per heavy atom. The molecule has 6 nitrogen and oxygen atoms in total. The van der Waals surface area contributed by atoms with Crippen LogP contribution < -0.4 is 5.32 Å². The van der Waals surface area contributed by atoms with E-state index in [9.17, 15) is 4.79 Å². The van der Waals surface area contributed by atoms with Crippen molar-refractivity contribution < 1.29 is 9.32 Å². The van der Waals surface area contributed by atoms with Crippen LogP contribution in [0, 0.1) is 0 Å². The third-order valence-corrected chi connectivity index (χ3v) is 3.84. The number of piperazine rings is 1. The standard InChI is InChI=1S/C15H17ClN4O2/c16-12-3-1-11(2-4-12)15-18-13(22-19-15)5-6-14(21)20-9-7-17-8-10-20/h1-4,17H,5-10H2. The van der Waals surface area contributed by atoms with E-state index in [0.717, 1.165) is 31.7 Å². The summed E-state index contributed by atoms with van der Waals surface area (Å²) < 4.78 is 5.21. The van der Waals surface area contributed by atoms with Crippen molar-refractivity contribution in [2.45, 2.75) is 12.8 Å². The first kappa shape index (κ1) is 15.0. The van der Waals surface area contributed by atoms with Crippen molar-refractivity contribution in [3.05, 3.63) is 35.2 Å². The van der Waals surface area contributed by atoms with Gasteiger partial charge in [0.25, 0.3) is 0 Å². The molecule has 1 aliphatic heterocycles. The Labute approximate surface area is 133 Å². The second-order valence-corrected chi connectivity index (χ2v) is 5.59. The number of hydrogen-bond donors (Lipinski definition) is 1. The number of nitrogens with one attached hydrogen (secondary N) is 1. The summed E-state index contributed by atoms with van der Waals surface area (Å²) in [5.74, 6) is 1.13. The lowest BCUT2D eigenvalue weighted by molar-refractivity contribution is -0.131. The van der Waals surface area contributed by atoms with Crippen LogP contribution in [0.25, 0.3) is 11.4 Å². The number of halogens is 1. The van der Waals surface area contributed by atoms with E-state index in [1.54, 1.807) is 12.1 Å². The van der Waals surface area contributed by atoms with Crippen LogP contribution in [0.2, 0.25) is 5.02 Å². The predicted molar refractivity (Wildman–Crippen MR) is 82.5 cm³/mol. The maximum atomic E-state index is 12.1. The number of aromatic nitrogens is 2. The van der Waals surface area contributed by atoms with E-state index in [-0.39, 0.29) is 5.91 Å². The second kappa shape index (κ2) is 6.89. The fourth-order valence-electron chi connectivity index (χ4n) is 2.36. The monoisotopic (exact) mass is 320 g/mol. The van der Waals surface area contributed by atoms with Crippen molar-refractivity contribution >= 4 is 17.5 Å². The molecule has 116 valence electrons. The highest BCUT2D eigenvalue weighted by atomic mass is 35.5. The first-order valence-corrected chi connectivity index (χ1v) is 7.67. The van der Waals surface area contributed by atoms with E-state index in [2.05, 4.69) is 15.5 Å². The summed E-state index contributed by atoms with van der Waals surface area (Å²) in [4.78, 5) is 18.3. The number of rotatable bonds is 4. The molecule has 3 rings (SSSR count). The lowest BCUT2D eigenvalue weighted by Gasteiger charge is -2.27. The lowest BCUT2D eigenvalue weighted by atomic mass is 10.2. The third-order valence-electron chi connectivity index (χ3n) is 3.59. The van der Waals surface area contributed by atoms with Gasteiger partial charge in [0, 0.05) is 49.6 Å². The molecule has 1 saturated heterocycles. The molecule has 1 aliphatic rings. The first-order chi connectivity index (χ1) is 10.7. The van der Waals surface area contributed by atoms with Gasteiger partial charge in [-0.2, -0.15) is 4.98 Å². The third kappa shape index (κ3) is 3.64. The Morgan fingerprint density at radius 2 is 2.00 bits per heavy atom. The molecule has 1 N–H and O–H groups in total. The van der Waals surface area contributed by atoms with E-state index < -0.39 is 0 Å². The zero-order chi connectivity index (χ0) is 15.4. The maximum Gasteiger partial charge on any atom is 0.227 e. The van der Waals surface area contributed by atoms with Crippen LogP contribution in [0.5, 0.6) is 0 Å². The molecule has 1 aromatic carbocycles. The molecule has 2 aromatic rings. The summed E-state index contributed by atoms with van der Waals surface area (Å²) in [6, 6.07) is 7.23. The van der Waals surface area contributed by atoms with Crippen LogP contribution >= 0.6 is 11.6 Å². The molecular formula is C15H17ClN4O2. The highest BCUT2D eigenvalue weighted by Crippen LogP contribution is 2.19. The quantitative estimate of drug-likeness (QED) is 0.929. The van der Waals surface area contributed by atoms with Gasteiger partial charge in [-0.05, 0) is 24.3 Å². The smallest absolute Gasteiger partial charge is 0.227 e. The van der Waals surface area contributed by atoms with Crippen LogP contribution in [-0.4, -0.2) is 47.1 Å². The van der Waals surface area contributed by atoms with Crippen LogP contribution in [0.15, 0.2) is 28.8 Å². The topological polar surface area (TPSA) is 71.3 Å². The highest BCUT2D eigenvalue weighted by molar-refractivity contribution is 6.30. The van der Waals surface area contributed by atoms with Crippen LogP contribution in [0.3, 0.4) is 0 Å². The Morgan fingerprint density at radius 3 is 2.73 bits per heavy atom. The fourth-order valence-corrected chi connectivity index (χ4v) is 2.48. The van der Waals surface area contributed by atoms with E-state index in [1.807, 2.05) is 17.0 Å². The van der Waals surface area contributed by atoms with Gasteiger partial charge in [0.2, 0.25) is 17.6 Å². The molecule has 1 aromatic heterocycles. The summed E-state index contributed by atoms with van der Waals surface area (Å²) in [7, 11) is 0. The second-order valence-electron chi connectivity index (χ2n) is 5.15. The van der Waals surface area contributed by atoms with Gasteiger partial charge in [0.1, 0.15) is 0 Å². The summed E-state index contributed by atoms with van der Waals surface area (Å²) >= 11 is 5.85. The predicted octanol–water partition coefficient (Wildman–Crippen LogP) is 1.75. The number of benzene rings is 1. The van der Waals surface area contributed by atoms with Crippen molar-refractivity contribution in [2.24, 2.45) is 0 Å². The van der Waals surface area contributed by atoms with Gasteiger partial charge in [-0.1, -0.05) is 16.8 Å². The molecule has 0 aliphatic carbocycles. The molecule has 1 fully saturated rings. The fraction of sp³-hybridized carbons (Fsp3) is 0.400. The van der Waals surface area contributed by atoms with Crippen molar-refractivity contribution in [1.29, 1.82) is 0 Å². The Balaban J connectivity index is 1.57. The summed E-state index contributed by atoms with van der Waals surface area (Å²) in [5, 5.41) is 7.83. The Kier molecular flexibility index (Phi) is 4.70. The maximum absolute atomic E-state index is 12.1. The molecule has 0 spiro atoms. The van der Waals surface area contributed by atoms with Crippen LogP contribution in [-0.2, 0) is 11.2 Å². The van der Waals surface area contributed by atoms with Crippen molar-refractivity contribution in [3.8, 4) is 11.4 Å². The van der Waals surface area contributed by atoms with E-state index in [0.29, 0.717) is 29.6 Å². The molecule has 7 heteroatoms. The molecule has 0 bridgehead atoms. The summed E-state index contributed by atoms with van der Waals surface area (Å²) in [6.45, 7) is 3.23. The number of nitrogens with zero attached hydrogens (tertiary/aromatic N) is 3. The molecule has 2 heterocycles. The zero-order valence-corrected chi connectivity index (χ0v) is 12.8. The van der Waals surface area contributed by atoms with Gasteiger partial charge in [-0.25, -0.2) is 0 Å². The van der Waals surface area contributed by atoms with E-state index in [4.69, 9.17) is 16.1 Å². The molecule has 0 atom stereocenters. The molecule has 0 saturated carbocycles. The molecule has 1 amide bonds.